The molecule has 0 spiro atoms. The molecule has 1 atom stereocenters. The summed E-state index contributed by atoms with van der Waals surface area (Å²) in [5, 5.41) is 8.78. The van der Waals surface area contributed by atoms with Gasteiger partial charge in [-0.3, -0.25) is 14.4 Å². The third kappa shape index (κ3) is 7.45. The van der Waals surface area contributed by atoms with Gasteiger partial charge in [0.25, 0.3) is 0 Å². The maximum absolute atomic E-state index is 11.9. The van der Waals surface area contributed by atoms with E-state index >= 15 is 0 Å². The van der Waals surface area contributed by atoms with E-state index in [0.717, 1.165) is 17.8 Å². The van der Waals surface area contributed by atoms with E-state index in [1.54, 1.807) is 6.92 Å². The minimum Gasteiger partial charge on any atom is -0.480 e. The number of aliphatic carboxylic acids is 1. The third-order valence-corrected chi connectivity index (χ3v) is 7.25. The Morgan fingerprint density at radius 3 is 2.07 bits per heavy atom. The van der Waals surface area contributed by atoms with Crippen molar-refractivity contribution in [2.75, 3.05) is 26.0 Å². The van der Waals surface area contributed by atoms with Crippen molar-refractivity contribution in [3.63, 3.8) is 0 Å². The zero-order valence-corrected chi connectivity index (χ0v) is 19.2. The lowest BCUT2D eigenvalue weighted by Gasteiger charge is -2.55. The van der Waals surface area contributed by atoms with Gasteiger partial charge in [-0.15, -0.1) is 0 Å². The van der Waals surface area contributed by atoms with E-state index in [2.05, 4.69) is 17.4 Å². The average Bonchev–Trinajstić information content (AvgIpc) is 2.67. The molecular weight excluding hydrogens is 404 g/mol. The smallest absolute Gasteiger partial charge is 0.323 e. The predicted molar refractivity (Wildman–Crippen MR) is 118 cm³/mol. The minimum absolute atomic E-state index is 0.226. The van der Waals surface area contributed by atoms with Gasteiger partial charge in [-0.25, -0.2) is 0 Å². The van der Waals surface area contributed by atoms with Gasteiger partial charge in [-0.2, -0.15) is 12.6 Å². The first-order chi connectivity index (χ1) is 14.2. The second-order valence-electron chi connectivity index (χ2n) is 9.55. The third-order valence-electron chi connectivity index (χ3n) is 6.71. The highest BCUT2D eigenvalue weighted by Gasteiger charge is 2.48. The summed E-state index contributed by atoms with van der Waals surface area (Å²) in [7, 11) is 1.32. The van der Waals surface area contributed by atoms with Gasteiger partial charge >= 0.3 is 11.9 Å². The topological polar surface area (TPSA) is 110 Å². The highest BCUT2D eigenvalue weighted by molar-refractivity contribution is 7.80. The second kappa shape index (κ2) is 11.4. The summed E-state index contributed by atoms with van der Waals surface area (Å²) in [6.07, 6.45) is 9.97. The van der Waals surface area contributed by atoms with E-state index < -0.39 is 5.97 Å². The first-order valence-electron chi connectivity index (χ1n) is 11.1. The van der Waals surface area contributed by atoms with Crippen LogP contribution in [-0.2, 0) is 19.1 Å². The molecule has 4 fully saturated rings. The molecule has 4 rings (SSSR count). The molecule has 1 unspecified atom stereocenters. The van der Waals surface area contributed by atoms with E-state index in [1.165, 1.54) is 50.5 Å². The molecule has 4 bridgehead atoms. The number of carbonyl (C=O) groups is 3. The Morgan fingerprint density at radius 1 is 1.13 bits per heavy atom. The molecule has 3 N–H and O–H groups in total. The number of ether oxygens (including phenoxy) is 1. The summed E-state index contributed by atoms with van der Waals surface area (Å²) in [6.45, 7) is 1.70. The van der Waals surface area contributed by atoms with Crippen LogP contribution in [0.1, 0.15) is 64.7 Å². The molecular formula is C22H38N2O5S. The number of nitrogens with two attached hydrogens (primary N) is 1. The van der Waals surface area contributed by atoms with Crippen molar-refractivity contribution in [3.8, 4) is 0 Å². The fourth-order valence-corrected chi connectivity index (χ4v) is 5.83. The molecule has 0 radical (unpaired) electrons. The molecule has 0 saturated heterocycles. The fourth-order valence-electron chi connectivity index (χ4n) is 5.67. The number of carboxylic acids is 1. The first-order valence-corrected chi connectivity index (χ1v) is 11.8. The van der Waals surface area contributed by atoms with E-state index in [9.17, 15) is 14.4 Å². The van der Waals surface area contributed by atoms with Gasteiger partial charge in [-0.1, -0.05) is 6.92 Å². The number of carboxylic acid groups (broad SMARTS) is 1. The van der Waals surface area contributed by atoms with E-state index in [-0.39, 0.29) is 30.8 Å². The normalized spacial score (nSPS) is 29.5. The van der Waals surface area contributed by atoms with Crippen LogP contribution < -0.4 is 5.73 Å². The van der Waals surface area contributed by atoms with Crippen LogP contribution in [0.5, 0.6) is 0 Å². The van der Waals surface area contributed by atoms with Crippen molar-refractivity contribution in [1.82, 2.24) is 4.90 Å². The number of hydrogen-bond donors (Lipinski definition) is 3. The largest absolute Gasteiger partial charge is 0.480 e. The number of esters is 1. The Balaban J connectivity index is 0.000000240. The molecule has 4 aliphatic rings. The van der Waals surface area contributed by atoms with Gasteiger partial charge < -0.3 is 20.5 Å². The number of methoxy groups -OCH3 is 1. The maximum atomic E-state index is 11.9. The standard InChI is InChI=1S/C12H21NO5S.C10H17N/c1-9(8-19)12(17)13(7-10(14)15)6-4-3-5-11(16)18-2;11-10-4-7-1-8(5-10)3-9(2-7)6-10/h9,19H,3-8H2,1-2H3,(H,14,15);7-9H,1-6,11H2. The Kier molecular flexibility index (Phi) is 9.47. The summed E-state index contributed by atoms with van der Waals surface area (Å²) >= 11 is 4.03. The fraction of sp³-hybridized carbons (Fsp3) is 0.864. The van der Waals surface area contributed by atoms with Crippen molar-refractivity contribution >= 4 is 30.5 Å². The van der Waals surface area contributed by atoms with Gasteiger partial charge in [0.05, 0.1) is 7.11 Å². The Hall–Kier alpha value is -1.28. The summed E-state index contributed by atoms with van der Waals surface area (Å²) in [5.41, 5.74) is 6.62. The molecule has 0 heterocycles. The molecule has 30 heavy (non-hydrogen) atoms. The molecule has 4 aliphatic carbocycles. The average molecular weight is 443 g/mol. The summed E-state index contributed by atoms with van der Waals surface area (Å²) < 4.78 is 4.50. The zero-order valence-electron chi connectivity index (χ0n) is 18.3. The number of thiol groups is 1. The lowest BCUT2D eigenvalue weighted by Crippen LogP contribution is -2.55. The lowest BCUT2D eigenvalue weighted by molar-refractivity contribution is -0.146. The van der Waals surface area contributed by atoms with Crippen LogP contribution in [0, 0.1) is 23.7 Å². The summed E-state index contributed by atoms with van der Waals surface area (Å²) in [6, 6.07) is 0. The van der Waals surface area contributed by atoms with Crippen LogP contribution in [0.25, 0.3) is 0 Å². The monoisotopic (exact) mass is 442 g/mol. The molecule has 8 heteroatoms. The minimum atomic E-state index is -1.05. The van der Waals surface area contributed by atoms with Gasteiger partial charge in [0.2, 0.25) is 5.91 Å². The Labute approximate surface area is 185 Å². The Bertz CT molecular complexity index is 577. The van der Waals surface area contributed by atoms with Crippen molar-refractivity contribution < 1.29 is 24.2 Å². The number of hydrogen-bond acceptors (Lipinski definition) is 6. The zero-order chi connectivity index (χ0) is 22.3. The van der Waals surface area contributed by atoms with Gasteiger partial charge in [0.1, 0.15) is 6.54 Å². The van der Waals surface area contributed by atoms with Crippen molar-refractivity contribution in [2.45, 2.75) is 70.3 Å². The maximum Gasteiger partial charge on any atom is 0.323 e. The van der Waals surface area contributed by atoms with Gasteiger partial charge in [-0.05, 0) is 69.1 Å². The van der Waals surface area contributed by atoms with Crippen LogP contribution in [0.15, 0.2) is 0 Å². The summed E-state index contributed by atoms with van der Waals surface area (Å²) in [4.78, 5) is 34.8. The molecule has 7 nitrogen and oxygen atoms in total. The van der Waals surface area contributed by atoms with Crippen molar-refractivity contribution in [2.24, 2.45) is 29.4 Å². The first kappa shape index (κ1) is 25.0. The quantitative estimate of drug-likeness (QED) is 0.288. The molecule has 172 valence electrons. The number of amides is 1. The van der Waals surface area contributed by atoms with Gasteiger partial charge in [0.15, 0.2) is 0 Å². The predicted octanol–water partition coefficient (Wildman–Crippen LogP) is 2.72. The van der Waals surface area contributed by atoms with Crippen LogP contribution >= 0.6 is 12.6 Å². The highest BCUT2D eigenvalue weighted by atomic mass is 32.1. The van der Waals surface area contributed by atoms with Crippen LogP contribution in [0.4, 0.5) is 0 Å². The highest BCUT2D eigenvalue weighted by Crippen LogP contribution is 2.54. The Morgan fingerprint density at radius 2 is 1.67 bits per heavy atom. The molecule has 0 aromatic heterocycles. The molecule has 1 amide bonds. The van der Waals surface area contributed by atoms with Gasteiger partial charge in [0, 0.05) is 30.2 Å². The van der Waals surface area contributed by atoms with Crippen LogP contribution in [0.3, 0.4) is 0 Å². The van der Waals surface area contributed by atoms with Crippen molar-refractivity contribution in [3.05, 3.63) is 0 Å². The van der Waals surface area contributed by atoms with E-state index in [0.29, 0.717) is 30.7 Å². The van der Waals surface area contributed by atoms with Crippen molar-refractivity contribution in [1.29, 1.82) is 0 Å². The molecule has 4 saturated carbocycles. The number of nitrogens with zero attached hydrogens (tertiary/aromatic N) is 1. The lowest BCUT2D eigenvalue weighted by atomic mass is 9.53. The molecule has 0 aromatic rings. The second-order valence-corrected chi connectivity index (χ2v) is 9.92. The number of rotatable bonds is 9. The molecule has 0 aromatic carbocycles. The number of unbranched alkanes of at least 4 members (excludes halogenated alkanes) is 1. The van der Waals surface area contributed by atoms with E-state index in [1.807, 2.05) is 0 Å². The molecule has 0 aliphatic heterocycles. The van der Waals surface area contributed by atoms with Crippen LogP contribution in [-0.4, -0.2) is 59.3 Å². The van der Waals surface area contributed by atoms with Crippen LogP contribution in [0.2, 0.25) is 0 Å². The van der Waals surface area contributed by atoms with E-state index in [4.69, 9.17) is 10.8 Å². The number of carbonyl (C=O) groups excluding carboxylic acids is 2. The summed E-state index contributed by atoms with van der Waals surface area (Å²) in [5.74, 6) is 1.53. The SMILES string of the molecule is COC(=O)CCCCN(CC(=O)O)C(=O)C(C)CS.NC12CC3CC(CC(C3)C1)C2.